The van der Waals surface area contributed by atoms with E-state index in [9.17, 15) is 4.79 Å². The fourth-order valence-electron chi connectivity index (χ4n) is 5.27. The summed E-state index contributed by atoms with van der Waals surface area (Å²) in [6.45, 7) is 2.07. The molecule has 1 aliphatic heterocycles. The van der Waals surface area contributed by atoms with Crippen LogP contribution in [0.4, 0.5) is 0 Å². The van der Waals surface area contributed by atoms with E-state index in [0.29, 0.717) is 5.92 Å². The van der Waals surface area contributed by atoms with Crippen molar-refractivity contribution in [3.63, 3.8) is 0 Å². The van der Waals surface area contributed by atoms with Gasteiger partial charge in [-0.15, -0.1) is 0 Å². The van der Waals surface area contributed by atoms with Crippen molar-refractivity contribution < 1.29 is 19.3 Å². The van der Waals surface area contributed by atoms with Crippen LogP contribution < -0.4 is 0 Å². The molecule has 1 heterocycles. The van der Waals surface area contributed by atoms with E-state index >= 15 is 0 Å². The number of ether oxygens (including phenoxy) is 1. The van der Waals surface area contributed by atoms with Crippen LogP contribution in [0.3, 0.4) is 0 Å². The third kappa shape index (κ3) is 2.63. The quantitative estimate of drug-likeness (QED) is 0.571. The van der Waals surface area contributed by atoms with Gasteiger partial charge in [0.05, 0.1) is 0 Å². The van der Waals surface area contributed by atoms with E-state index in [1.807, 2.05) is 0 Å². The summed E-state index contributed by atoms with van der Waals surface area (Å²) >= 11 is 0. The summed E-state index contributed by atoms with van der Waals surface area (Å²) in [5.74, 6) is 1.12. The minimum Gasteiger partial charge on any atom is -0.312 e. The lowest BCUT2D eigenvalue weighted by molar-refractivity contribution is -0.361. The van der Waals surface area contributed by atoms with Crippen molar-refractivity contribution >= 4 is 6.29 Å². The number of carbonyl (C=O) groups excluding carboxylic acids is 1. The highest BCUT2D eigenvalue weighted by atomic mass is 17.3. The number of hydrogen-bond acceptors (Lipinski definition) is 4. The number of aldehydes is 1. The van der Waals surface area contributed by atoms with Crippen LogP contribution in [0.25, 0.3) is 0 Å². The molecule has 1 saturated heterocycles. The van der Waals surface area contributed by atoms with E-state index < -0.39 is 11.6 Å². The molecule has 0 amide bonds. The molecule has 2 unspecified atom stereocenters. The molecule has 3 saturated carbocycles. The number of carbonyl (C=O) groups is 1. The van der Waals surface area contributed by atoms with E-state index in [4.69, 9.17) is 14.5 Å². The van der Waals surface area contributed by atoms with Gasteiger partial charge in [0.15, 0.2) is 0 Å². The molecule has 0 radical (unpaired) electrons. The summed E-state index contributed by atoms with van der Waals surface area (Å²) in [5, 5.41) is 0. The Morgan fingerprint density at radius 2 is 1.64 bits per heavy atom. The lowest BCUT2D eigenvalue weighted by atomic mass is 9.66. The van der Waals surface area contributed by atoms with Gasteiger partial charge in [-0.2, -0.15) is 9.78 Å². The monoisotopic (exact) mass is 308 g/mol. The van der Waals surface area contributed by atoms with Gasteiger partial charge in [0.2, 0.25) is 11.6 Å². The normalized spacial score (nSPS) is 51.9. The van der Waals surface area contributed by atoms with E-state index in [-0.39, 0.29) is 5.92 Å². The van der Waals surface area contributed by atoms with Crippen LogP contribution in [0.1, 0.15) is 71.1 Å². The van der Waals surface area contributed by atoms with E-state index in [1.54, 1.807) is 0 Å². The predicted molar refractivity (Wildman–Crippen MR) is 80.6 cm³/mol. The molecule has 4 aliphatic rings. The van der Waals surface area contributed by atoms with Gasteiger partial charge in [0, 0.05) is 24.7 Å². The lowest BCUT2D eigenvalue weighted by Gasteiger charge is -2.44. The minimum absolute atomic E-state index is 0.165. The zero-order valence-electron chi connectivity index (χ0n) is 13.6. The summed E-state index contributed by atoms with van der Waals surface area (Å²) in [5.41, 5.74) is 0. The second kappa shape index (κ2) is 5.57. The molecule has 4 nitrogen and oxygen atoms in total. The first-order valence-electron chi connectivity index (χ1n) is 9.13. The molecular weight excluding hydrogens is 280 g/mol. The highest BCUT2D eigenvalue weighted by Crippen LogP contribution is 2.52. The smallest absolute Gasteiger partial charge is 0.204 e. The summed E-state index contributed by atoms with van der Waals surface area (Å²) in [6.07, 6.45) is 12.3. The fraction of sp³-hybridized carbons (Fsp3) is 0.944. The van der Waals surface area contributed by atoms with Crippen LogP contribution in [-0.4, -0.2) is 17.9 Å². The Hall–Kier alpha value is -0.450. The zero-order chi connectivity index (χ0) is 15.2. The first-order chi connectivity index (χ1) is 10.6. The molecule has 4 heteroatoms. The molecule has 0 aromatic rings. The topological polar surface area (TPSA) is 44.8 Å². The Kier molecular flexibility index (Phi) is 3.82. The highest BCUT2D eigenvalue weighted by molar-refractivity contribution is 5.53. The maximum absolute atomic E-state index is 10.9. The molecule has 0 aromatic heterocycles. The van der Waals surface area contributed by atoms with Crippen LogP contribution in [0.5, 0.6) is 0 Å². The molecule has 3 aliphatic carbocycles. The number of rotatable bonds is 2. The molecule has 124 valence electrons. The molecule has 1 spiro atoms. The first kappa shape index (κ1) is 15.1. The SMILES string of the molecule is C[C@@]1(C2CC3CCCC(C3)C2)OO[C@]2(CC[C@@H](C=O)CC2)O1. The van der Waals surface area contributed by atoms with E-state index in [0.717, 1.165) is 43.8 Å². The Bertz CT molecular complexity index is 417. The van der Waals surface area contributed by atoms with Crippen molar-refractivity contribution in [3.8, 4) is 0 Å². The first-order valence-corrected chi connectivity index (χ1v) is 9.13. The Balaban J connectivity index is 1.43. The Labute approximate surface area is 132 Å². The number of hydrogen-bond donors (Lipinski definition) is 0. The maximum Gasteiger partial charge on any atom is 0.204 e. The highest BCUT2D eigenvalue weighted by Gasteiger charge is 2.56. The van der Waals surface area contributed by atoms with Crippen LogP contribution in [-0.2, 0) is 19.3 Å². The summed E-state index contributed by atoms with van der Waals surface area (Å²) < 4.78 is 6.41. The van der Waals surface area contributed by atoms with Crippen LogP contribution in [0.2, 0.25) is 0 Å². The summed E-state index contributed by atoms with van der Waals surface area (Å²) in [7, 11) is 0. The fourth-order valence-corrected chi connectivity index (χ4v) is 5.27. The van der Waals surface area contributed by atoms with Gasteiger partial charge in [0.1, 0.15) is 6.29 Å². The third-order valence-electron chi connectivity index (χ3n) is 6.60. The largest absolute Gasteiger partial charge is 0.312 e. The second-order valence-electron chi connectivity index (χ2n) is 8.24. The maximum atomic E-state index is 10.9. The van der Waals surface area contributed by atoms with Gasteiger partial charge in [-0.1, -0.05) is 19.3 Å². The molecule has 22 heavy (non-hydrogen) atoms. The number of fused-ring (bicyclic) bond motifs is 2. The van der Waals surface area contributed by atoms with Gasteiger partial charge in [-0.05, 0) is 50.9 Å². The van der Waals surface area contributed by atoms with E-state index in [1.165, 1.54) is 38.5 Å². The molecule has 3 atom stereocenters. The zero-order valence-corrected chi connectivity index (χ0v) is 13.6. The van der Waals surface area contributed by atoms with Crippen molar-refractivity contribution in [3.05, 3.63) is 0 Å². The van der Waals surface area contributed by atoms with Gasteiger partial charge in [-0.3, -0.25) is 0 Å². The second-order valence-corrected chi connectivity index (χ2v) is 8.24. The van der Waals surface area contributed by atoms with Crippen molar-refractivity contribution in [2.45, 2.75) is 82.7 Å². The van der Waals surface area contributed by atoms with Crippen molar-refractivity contribution in [1.29, 1.82) is 0 Å². The van der Waals surface area contributed by atoms with Crippen LogP contribution in [0, 0.1) is 23.7 Å². The van der Waals surface area contributed by atoms with Crippen molar-refractivity contribution in [2.75, 3.05) is 0 Å². The molecule has 4 rings (SSSR count). The van der Waals surface area contributed by atoms with Gasteiger partial charge >= 0.3 is 0 Å². The standard InChI is InChI=1S/C18H28O4/c1-17(16-10-14-3-2-4-15(9-14)11-16)20-18(22-21-17)7-5-13(12-19)6-8-18/h12-16H,2-11H2,1H3/t13-,14?,15?,16?,17-,18+/m0/s1. The Morgan fingerprint density at radius 3 is 2.27 bits per heavy atom. The van der Waals surface area contributed by atoms with E-state index in [2.05, 4.69) is 6.92 Å². The molecule has 4 fully saturated rings. The average Bonchev–Trinajstić information content (AvgIpc) is 2.86. The predicted octanol–water partition coefficient (Wildman–Crippen LogP) is 3.98. The molecular formula is C18H28O4. The summed E-state index contributed by atoms with van der Waals surface area (Å²) in [6, 6.07) is 0. The minimum atomic E-state index is -0.596. The molecule has 0 N–H and O–H groups in total. The molecule has 0 aromatic carbocycles. The van der Waals surface area contributed by atoms with Gasteiger partial charge in [0.25, 0.3) is 0 Å². The van der Waals surface area contributed by atoms with Crippen molar-refractivity contribution in [2.24, 2.45) is 23.7 Å². The third-order valence-corrected chi connectivity index (χ3v) is 6.60. The summed E-state index contributed by atoms with van der Waals surface area (Å²) in [4.78, 5) is 22.5. The average molecular weight is 308 g/mol. The van der Waals surface area contributed by atoms with Gasteiger partial charge in [-0.25, -0.2) is 0 Å². The van der Waals surface area contributed by atoms with Gasteiger partial charge < -0.3 is 9.53 Å². The molecule has 2 bridgehead atoms. The van der Waals surface area contributed by atoms with Crippen LogP contribution in [0.15, 0.2) is 0 Å². The van der Waals surface area contributed by atoms with Crippen LogP contribution >= 0.6 is 0 Å². The Morgan fingerprint density at radius 1 is 0.955 bits per heavy atom. The van der Waals surface area contributed by atoms with Crippen molar-refractivity contribution in [1.82, 2.24) is 0 Å². The lowest BCUT2D eigenvalue weighted by Crippen LogP contribution is -2.45.